The highest BCUT2D eigenvalue weighted by Gasteiger charge is 2.34. The molecule has 0 radical (unpaired) electrons. The van der Waals surface area contributed by atoms with Crippen LogP contribution < -0.4 is 5.32 Å². The van der Waals surface area contributed by atoms with E-state index in [0.29, 0.717) is 19.6 Å². The Morgan fingerprint density at radius 1 is 1.23 bits per heavy atom. The van der Waals surface area contributed by atoms with E-state index in [2.05, 4.69) is 5.32 Å². The summed E-state index contributed by atoms with van der Waals surface area (Å²) < 4.78 is 5.52. The average Bonchev–Trinajstić information content (AvgIpc) is 3.05. The van der Waals surface area contributed by atoms with Crippen LogP contribution in [0.3, 0.4) is 0 Å². The van der Waals surface area contributed by atoms with Crippen molar-refractivity contribution in [3.05, 3.63) is 0 Å². The number of piperidine rings is 1. The van der Waals surface area contributed by atoms with Crippen LogP contribution in [0.1, 0.15) is 52.9 Å². The lowest BCUT2D eigenvalue weighted by Crippen LogP contribution is -2.47. The van der Waals surface area contributed by atoms with Crippen LogP contribution >= 0.6 is 0 Å². The minimum Gasteiger partial charge on any atom is -0.376 e. The molecule has 1 atom stereocenters. The highest BCUT2D eigenvalue weighted by atomic mass is 16.5. The van der Waals surface area contributed by atoms with E-state index >= 15 is 0 Å². The number of carbonyl (C=O) groups is 2. The van der Waals surface area contributed by atoms with Crippen molar-refractivity contribution in [3.8, 4) is 0 Å². The van der Waals surface area contributed by atoms with E-state index in [0.717, 1.165) is 38.7 Å². The Labute approximate surface area is 133 Å². The van der Waals surface area contributed by atoms with E-state index in [1.54, 1.807) is 0 Å². The van der Waals surface area contributed by atoms with Gasteiger partial charge in [-0.05, 0) is 32.1 Å². The first kappa shape index (κ1) is 17.3. The fourth-order valence-electron chi connectivity index (χ4n) is 3.09. The van der Waals surface area contributed by atoms with Gasteiger partial charge < -0.3 is 15.0 Å². The summed E-state index contributed by atoms with van der Waals surface area (Å²) in [7, 11) is 0. The monoisotopic (exact) mass is 310 g/mol. The molecule has 0 spiro atoms. The van der Waals surface area contributed by atoms with Crippen LogP contribution in [0.15, 0.2) is 0 Å². The van der Waals surface area contributed by atoms with Crippen LogP contribution in [-0.2, 0) is 14.3 Å². The van der Waals surface area contributed by atoms with Crippen LogP contribution in [0, 0.1) is 11.3 Å². The van der Waals surface area contributed by atoms with E-state index in [1.165, 1.54) is 0 Å². The van der Waals surface area contributed by atoms with E-state index in [9.17, 15) is 9.59 Å². The van der Waals surface area contributed by atoms with Gasteiger partial charge in [0.25, 0.3) is 0 Å². The summed E-state index contributed by atoms with van der Waals surface area (Å²) in [6, 6.07) is 0. The van der Waals surface area contributed by atoms with Crippen LogP contribution in [0.5, 0.6) is 0 Å². The lowest BCUT2D eigenvalue weighted by atomic mass is 9.86. The molecule has 0 saturated carbocycles. The Bertz CT molecular complexity index is 395. The predicted molar refractivity (Wildman–Crippen MR) is 85.4 cm³/mol. The molecule has 0 unspecified atom stereocenters. The zero-order chi connectivity index (χ0) is 16.2. The predicted octanol–water partition coefficient (Wildman–Crippen LogP) is 1.96. The van der Waals surface area contributed by atoms with Crippen molar-refractivity contribution >= 4 is 11.8 Å². The molecule has 126 valence electrons. The molecule has 2 saturated heterocycles. The maximum atomic E-state index is 12.4. The normalized spacial score (nSPS) is 23.6. The maximum Gasteiger partial charge on any atom is 0.228 e. The summed E-state index contributed by atoms with van der Waals surface area (Å²) in [5, 5.41) is 3.01. The number of likely N-dealkylation sites (tertiary alicyclic amines) is 1. The first-order valence-corrected chi connectivity index (χ1v) is 8.62. The van der Waals surface area contributed by atoms with Crippen LogP contribution in [0.4, 0.5) is 0 Å². The summed E-state index contributed by atoms with van der Waals surface area (Å²) in [6.45, 7) is 8.87. The third-order valence-corrected chi connectivity index (χ3v) is 5.14. The van der Waals surface area contributed by atoms with E-state index in [1.807, 2.05) is 25.7 Å². The molecule has 2 heterocycles. The van der Waals surface area contributed by atoms with Gasteiger partial charge >= 0.3 is 0 Å². The number of amides is 2. The Morgan fingerprint density at radius 2 is 1.91 bits per heavy atom. The highest BCUT2D eigenvalue weighted by Crippen LogP contribution is 2.26. The SMILES string of the molecule is CCC(C)(C)C(=O)N1CCC(C(=O)NC[C@H]2CCCO2)CC1. The molecule has 0 aromatic carbocycles. The molecular weight excluding hydrogens is 280 g/mol. The number of ether oxygens (including phenoxy) is 1. The second-order valence-electron chi connectivity index (χ2n) is 7.18. The van der Waals surface area contributed by atoms with Crippen molar-refractivity contribution < 1.29 is 14.3 Å². The lowest BCUT2D eigenvalue weighted by molar-refractivity contribution is -0.143. The lowest BCUT2D eigenvalue weighted by Gasteiger charge is -2.36. The molecule has 0 aromatic rings. The topological polar surface area (TPSA) is 58.6 Å². The van der Waals surface area contributed by atoms with Gasteiger partial charge in [-0.25, -0.2) is 0 Å². The van der Waals surface area contributed by atoms with Crippen molar-refractivity contribution in [1.29, 1.82) is 0 Å². The molecule has 2 amide bonds. The first-order chi connectivity index (χ1) is 10.4. The summed E-state index contributed by atoms with van der Waals surface area (Å²) in [6.07, 6.45) is 4.70. The molecule has 0 aliphatic carbocycles. The van der Waals surface area contributed by atoms with Crippen molar-refractivity contribution in [3.63, 3.8) is 0 Å². The van der Waals surface area contributed by atoms with E-state index in [-0.39, 0.29) is 29.3 Å². The second kappa shape index (κ2) is 7.44. The Kier molecular flexibility index (Phi) is 5.84. The van der Waals surface area contributed by atoms with E-state index in [4.69, 9.17) is 4.74 Å². The third kappa shape index (κ3) is 4.22. The van der Waals surface area contributed by atoms with Gasteiger partial charge in [0.1, 0.15) is 0 Å². The summed E-state index contributed by atoms with van der Waals surface area (Å²) in [5.74, 6) is 0.376. The largest absolute Gasteiger partial charge is 0.376 e. The molecule has 5 nitrogen and oxygen atoms in total. The average molecular weight is 310 g/mol. The standard InChI is InChI=1S/C17H30N2O3/c1-4-17(2,3)16(21)19-9-7-13(8-10-19)15(20)18-12-14-6-5-11-22-14/h13-14H,4-12H2,1-3H3,(H,18,20)/t14-/m1/s1. The molecule has 1 N–H and O–H groups in total. The highest BCUT2D eigenvalue weighted by molar-refractivity contribution is 5.83. The van der Waals surface area contributed by atoms with Gasteiger partial charge in [-0.2, -0.15) is 0 Å². The minimum absolute atomic E-state index is 0.0372. The molecule has 2 aliphatic rings. The van der Waals surface area contributed by atoms with Crippen LogP contribution in [0.2, 0.25) is 0 Å². The van der Waals surface area contributed by atoms with Gasteiger partial charge in [-0.1, -0.05) is 20.8 Å². The third-order valence-electron chi connectivity index (χ3n) is 5.14. The number of rotatable bonds is 5. The number of nitrogens with zero attached hydrogens (tertiary/aromatic N) is 1. The molecule has 0 aromatic heterocycles. The smallest absolute Gasteiger partial charge is 0.228 e. The Balaban J connectivity index is 1.74. The molecule has 0 bridgehead atoms. The fourth-order valence-corrected chi connectivity index (χ4v) is 3.09. The van der Waals surface area contributed by atoms with E-state index < -0.39 is 0 Å². The minimum atomic E-state index is -0.297. The number of hydrogen-bond acceptors (Lipinski definition) is 3. The zero-order valence-electron chi connectivity index (χ0n) is 14.2. The first-order valence-electron chi connectivity index (χ1n) is 8.62. The molecular formula is C17H30N2O3. The summed E-state index contributed by atoms with van der Waals surface area (Å²) in [5.41, 5.74) is -0.297. The van der Waals surface area contributed by atoms with Gasteiger partial charge in [0.05, 0.1) is 6.10 Å². The van der Waals surface area contributed by atoms with Crippen molar-refractivity contribution in [2.24, 2.45) is 11.3 Å². The van der Waals surface area contributed by atoms with Gasteiger partial charge in [-0.3, -0.25) is 9.59 Å². The number of carbonyl (C=O) groups excluding carboxylic acids is 2. The molecule has 2 rings (SSSR count). The van der Waals surface area contributed by atoms with Gasteiger partial charge in [0.15, 0.2) is 0 Å². The van der Waals surface area contributed by atoms with Crippen molar-refractivity contribution in [2.75, 3.05) is 26.2 Å². The van der Waals surface area contributed by atoms with Gasteiger partial charge in [0, 0.05) is 37.6 Å². The molecule has 22 heavy (non-hydrogen) atoms. The summed E-state index contributed by atoms with van der Waals surface area (Å²) in [4.78, 5) is 26.6. The summed E-state index contributed by atoms with van der Waals surface area (Å²) >= 11 is 0. The van der Waals surface area contributed by atoms with Gasteiger partial charge in [-0.15, -0.1) is 0 Å². The van der Waals surface area contributed by atoms with Crippen LogP contribution in [0.25, 0.3) is 0 Å². The van der Waals surface area contributed by atoms with Crippen LogP contribution in [-0.4, -0.2) is 49.1 Å². The Morgan fingerprint density at radius 3 is 2.45 bits per heavy atom. The zero-order valence-corrected chi connectivity index (χ0v) is 14.2. The van der Waals surface area contributed by atoms with Crippen molar-refractivity contribution in [2.45, 2.75) is 59.0 Å². The second-order valence-corrected chi connectivity index (χ2v) is 7.18. The number of hydrogen-bond donors (Lipinski definition) is 1. The van der Waals surface area contributed by atoms with Crippen molar-refractivity contribution in [1.82, 2.24) is 10.2 Å². The molecule has 2 aliphatic heterocycles. The quantitative estimate of drug-likeness (QED) is 0.844. The fraction of sp³-hybridized carbons (Fsp3) is 0.882. The molecule has 2 fully saturated rings. The number of nitrogens with one attached hydrogen (secondary N) is 1. The molecule has 5 heteroatoms. The Hall–Kier alpha value is -1.10. The van der Waals surface area contributed by atoms with Gasteiger partial charge in [0.2, 0.25) is 11.8 Å². The maximum absolute atomic E-state index is 12.4.